The van der Waals surface area contributed by atoms with Crippen molar-refractivity contribution < 1.29 is 4.74 Å². The molecule has 2 aromatic carbocycles. The van der Waals surface area contributed by atoms with Gasteiger partial charge in [0.05, 0.1) is 11.7 Å². The second kappa shape index (κ2) is 5.98. The molecule has 20 heavy (non-hydrogen) atoms. The van der Waals surface area contributed by atoms with Crippen LogP contribution in [-0.4, -0.2) is 15.3 Å². The van der Waals surface area contributed by atoms with E-state index < -0.39 is 0 Å². The highest BCUT2D eigenvalue weighted by atomic mass is 32.1. The third-order valence-electron chi connectivity index (χ3n) is 3.08. The van der Waals surface area contributed by atoms with E-state index in [1.165, 1.54) is 17.3 Å². The number of rotatable bonds is 5. The normalized spacial score (nSPS) is 10.8. The van der Waals surface area contributed by atoms with E-state index >= 15 is 0 Å². The number of fused-ring (bicyclic) bond motifs is 1. The fourth-order valence-corrected chi connectivity index (χ4v) is 2.52. The molecule has 0 radical (unpaired) electrons. The van der Waals surface area contributed by atoms with Crippen molar-refractivity contribution in [2.24, 2.45) is 5.73 Å². The van der Waals surface area contributed by atoms with Crippen molar-refractivity contribution in [3.8, 4) is 5.75 Å². The second-order valence-corrected chi connectivity index (χ2v) is 5.09. The van der Waals surface area contributed by atoms with E-state index in [4.69, 9.17) is 10.5 Å². The van der Waals surface area contributed by atoms with Crippen LogP contribution in [0.4, 0.5) is 0 Å². The monoisotopic (exact) mass is 285 g/mol. The number of benzene rings is 2. The summed E-state index contributed by atoms with van der Waals surface area (Å²) in [5.41, 5.74) is 9.71. The summed E-state index contributed by atoms with van der Waals surface area (Å²) in [6.07, 6.45) is 0.897. The van der Waals surface area contributed by atoms with Crippen molar-refractivity contribution in [2.45, 2.75) is 13.0 Å². The van der Waals surface area contributed by atoms with Gasteiger partial charge in [0.25, 0.3) is 0 Å². The first kappa shape index (κ1) is 13.0. The van der Waals surface area contributed by atoms with E-state index in [0.29, 0.717) is 13.2 Å². The first-order chi connectivity index (χ1) is 9.85. The van der Waals surface area contributed by atoms with Gasteiger partial charge in [-0.3, -0.25) is 0 Å². The van der Waals surface area contributed by atoms with Gasteiger partial charge in [-0.15, -0.1) is 0 Å². The van der Waals surface area contributed by atoms with Gasteiger partial charge in [0.15, 0.2) is 0 Å². The van der Waals surface area contributed by atoms with E-state index in [9.17, 15) is 0 Å². The maximum atomic E-state index is 5.77. The second-order valence-electron chi connectivity index (χ2n) is 4.56. The summed E-state index contributed by atoms with van der Waals surface area (Å²) in [4.78, 5) is 0. The Balaban J connectivity index is 1.66. The average molecular weight is 285 g/mol. The fourth-order valence-electron chi connectivity index (χ4n) is 2.00. The van der Waals surface area contributed by atoms with Gasteiger partial charge in [-0.1, -0.05) is 18.2 Å². The summed E-state index contributed by atoms with van der Waals surface area (Å²) >= 11 is 1.23. The Labute approximate surface area is 121 Å². The standard InChI is InChI=1S/C15H15N3OS/c16-8-7-11-1-4-13(5-2-11)19-10-12-3-6-14-15(9-12)18-20-17-14/h1-6,9H,7-8,10,16H2. The molecule has 2 N–H and O–H groups in total. The third kappa shape index (κ3) is 2.95. The first-order valence-electron chi connectivity index (χ1n) is 6.48. The molecule has 0 atom stereocenters. The van der Waals surface area contributed by atoms with Crippen LogP contribution in [0.1, 0.15) is 11.1 Å². The number of nitrogens with two attached hydrogens (primary N) is 1. The van der Waals surface area contributed by atoms with Crippen molar-refractivity contribution in [1.82, 2.24) is 8.75 Å². The maximum Gasteiger partial charge on any atom is 0.119 e. The van der Waals surface area contributed by atoms with E-state index in [2.05, 4.69) is 20.9 Å². The molecule has 0 bridgehead atoms. The van der Waals surface area contributed by atoms with Gasteiger partial charge in [0.2, 0.25) is 0 Å². The number of nitrogens with zero attached hydrogens (tertiary/aromatic N) is 2. The van der Waals surface area contributed by atoms with Crippen molar-refractivity contribution in [1.29, 1.82) is 0 Å². The molecule has 0 aliphatic rings. The van der Waals surface area contributed by atoms with Crippen LogP contribution < -0.4 is 10.5 Å². The molecule has 0 aliphatic heterocycles. The van der Waals surface area contributed by atoms with Crippen LogP contribution >= 0.6 is 11.7 Å². The predicted octanol–water partition coefficient (Wildman–Crippen LogP) is 2.77. The Kier molecular flexibility index (Phi) is 3.90. The Morgan fingerprint density at radius 1 is 0.950 bits per heavy atom. The van der Waals surface area contributed by atoms with Gasteiger partial charge in [0.1, 0.15) is 23.4 Å². The molecule has 0 fully saturated rings. The van der Waals surface area contributed by atoms with Gasteiger partial charge >= 0.3 is 0 Å². The molecular weight excluding hydrogens is 270 g/mol. The molecule has 0 saturated carbocycles. The van der Waals surface area contributed by atoms with Gasteiger partial charge < -0.3 is 10.5 Å². The Morgan fingerprint density at radius 2 is 1.70 bits per heavy atom. The van der Waals surface area contributed by atoms with Gasteiger partial charge in [0, 0.05) is 0 Å². The highest BCUT2D eigenvalue weighted by molar-refractivity contribution is 7.00. The molecule has 0 aliphatic carbocycles. The minimum Gasteiger partial charge on any atom is -0.489 e. The molecule has 0 saturated heterocycles. The highest BCUT2D eigenvalue weighted by Crippen LogP contribution is 2.17. The van der Waals surface area contributed by atoms with E-state index in [1.54, 1.807) is 0 Å². The molecule has 5 heteroatoms. The molecule has 0 unspecified atom stereocenters. The van der Waals surface area contributed by atoms with Crippen LogP contribution in [-0.2, 0) is 13.0 Å². The number of aromatic nitrogens is 2. The molecule has 1 heterocycles. The molecule has 3 rings (SSSR count). The number of ether oxygens (including phenoxy) is 1. The van der Waals surface area contributed by atoms with E-state index in [-0.39, 0.29) is 0 Å². The lowest BCUT2D eigenvalue weighted by Crippen LogP contribution is -2.02. The van der Waals surface area contributed by atoms with E-state index in [0.717, 1.165) is 28.8 Å². The van der Waals surface area contributed by atoms with Gasteiger partial charge in [-0.05, 0) is 48.4 Å². The molecular formula is C15H15N3OS. The van der Waals surface area contributed by atoms with Crippen LogP contribution in [0.3, 0.4) is 0 Å². The molecule has 3 aromatic rings. The Morgan fingerprint density at radius 3 is 2.50 bits per heavy atom. The lowest BCUT2D eigenvalue weighted by Gasteiger charge is -2.07. The Bertz CT molecular complexity index is 694. The predicted molar refractivity (Wildman–Crippen MR) is 80.9 cm³/mol. The van der Waals surface area contributed by atoms with Crippen molar-refractivity contribution in [2.75, 3.05) is 6.54 Å². The topological polar surface area (TPSA) is 61.0 Å². The average Bonchev–Trinajstić information content (AvgIpc) is 2.94. The quantitative estimate of drug-likeness (QED) is 0.783. The van der Waals surface area contributed by atoms with Crippen LogP contribution in [0.15, 0.2) is 42.5 Å². The lowest BCUT2D eigenvalue weighted by atomic mass is 10.1. The van der Waals surface area contributed by atoms with Crippen LogP contribution in [0.25, 0.3) is 11.0 Å². The van der Waals surface area contributed by atoms with Crippen LogP contribution in [0.5, 0.6) is 5.75 Å². The summed E-state index contributed by atoms with van der Waals surface area (Å²) in [6, 6.07) is 14.1. The van der Waals surface area contributed by atoms with Crippen LogP contribution in [0, 0.1) is 0 Å². The zero-order valence-corrected chi connectivity index (χ0v) is 11.8. The smallest absolute Gasteiger partial charge is 0.119 e. The lowest BCUT2D eigenvalue weighted by molar-refractivity contribution is 0.306. The molecule has 102 valence electrons. The van der Waals surface area contributed by atoms with Crippen LogP contribution in [0.2, 0.25) is 0 Å². The fraction of sp³-hybridized carbons (Fsp3) is 0.200. The molecule has 1 aromatic heterocycles. The van der Waals surface area contributed by atoms with Gasteiger partial charge in [-0.25, -0.2) is 0 Å². The summed E-state index contributed by atoms with van der Waals surface area (Å²) in [6.45, 7) is 1.20. The molecule has 0 amide bonds. The summed E-state index contributed by atoms with van der Waals surface area (Å²) in [5.74, 6) is 0.863. The maximum absolute atomic E-state index is 5.77. The first-order valence-corrected chi connectivity index (χ1v) is 7.21. The summed E-state index contributed by atoms with van der Waals surface area (Å²) in [5, 5.41) is 0. The third-order valence-corrected chi connectivity index (χ3v) is 3.64. The van der Waals surface area contributed by atoms with E-state index in [1.807, 2.05) is 30.3 Å². The number of hydrogen-bond acceptors (Lipinski definition) is 5. The minimum absolute atomic E-state index is 0.531. The van der Waals surface area contributed by atoms with Crippen molar-refractivity contribution in [3.05, 3.63) is 53.6 Å². The van der Waals surface area contributed by atoms with Gasteiger partial charge in [-0.2, -0.15) is 8.75 Å². The number of hydrogen-bond donors (Lipinski definition) is 1. The highest BCUT2D eigenvalue weighted by Gasteiger charge is 2.01. The SMILES string of the molecule is NCCc1ccc(OCc2ccc3nsnc3c2)cc1. The zero-order chi connectivity index (χ0) is 13.8. The van der Waals surface area contributed by atoms with Crippen molar-refractivity contribution in [3.63, 3.8) is 0 Å². The molecule has 0 spiro atoms. The minimum atomic E-state index is 0.531. The van der Waals surface area contributed by atoms with Crippen molar-refractivity contribution >= 4 is 22.8 Å². The summed E-state index contributed by atoms with van der Waals surface area (Å²) in [7, 11) is 0. The Hall–Kier alpha value is -1.98. The summed E-state index contributed by atoms with van der Waals surface area (Å²) < 4.78 is 14.2. The molecule has 4 nitrogen and oxygen atoms in total. The largest absolute Gasteiger partial charge is 0.489 e. The zero-order valence-electron chi connectivity index (χ0n) is 11.0.